The number of rotatable bonds is 4. The Morgan fingerprint density at radius 2 is 2.38 bits per heavy atom. The van der Waals surface area contributed by atoms with Gasteiger partial charge in [0.1, 0.15) is 5.82 Å². The monoisotopic (exact) mass is 303 g/mol. The van der Waals surface area contributed by atoms with Crippen LogP contribution >= 0.6 is 27.5 Å². The molecule has 0 saturated heterocycles. The number of nitrogens with zero attached hydrogens (tertiary/aromatic N) is 2. The van der Waals surface area contributed by atoms with E-state index in [1.54, 1.807) is 6.20 Å². The standard InChI is InChI=1S/C11H15BrClN3/c1-16(10(5-14)7-2-3-7)11-9(13)4-8(12)6-15-11/h4,6-7,10H,2-3,5,14H2,1H3. The minimum Gasteiger partial charge on any atom is -0.354 e. The zero-order chi connectivity index (χ0) is 11.7. The number of aromatic nitrogens is 1. The average Bonchev–Trinajstić information content (AvgIpc) is 3.02. The van der Waals surface area contributed by atoms with Crippen LogP contribution in [0.3, 0.4) is 0 Å². The molecule has 0 bridgehead atoms. The zero-order valence-electron chi connectivity index (χ0n) is 9.16. The highest BCUT2D eigenvalue weighted by Gasteiger charge is 2.33. The SMILES string of the molecule is CN(c1ncc(Br)cc1Cl)C(CN)C1CC1. The van der Waals surface area contributed by atoms with Crippen molar-refractivity contribution < 1.29 is 0 Å². The summed E-state index contributed by atoms with van der Waals surface area (Å²) in [5.74, 6) is 1.52. The quantitative estimate of drug-likeness (QED) is 0.930. The third-order valence-corrected chi connectivity index (χ3v) is 3.74. The topological polar surface area (TPSA) is 42.2 Å². The Hall–Kier alpha value is -0.320. The fourth-order valence-corrected chi connectivity index (χ4v) is 2.73. The van der Waals surface area contributed by atoms with Crippen molar-refractivity contribution in [1.29, 1.82) is 0 Å². The van der Waals surface area contributed by atoms with E-state index in [4.69, 9.17) is 17.3 Å². The number of anilines is 1. The Balaban J connectivity index is 2.21. The Kier molecular flexibility index (Phi) is 3.72. The summed E-state index contributed by atoms with van der Waals surface area (Å²) >= 11 is 9.53. The van der Waals surface area contributed by atoms with Gasteiger partial charge in [0.15, 0.2) is 0 Å². The van der Waals surface area contributed by atoms with Gasteiger partial charge in [-0.3, -0.25) is 0 Å². The van der Waals surface area contributed by atoms with Crippen LogP contribution in [-0.2, 0) is 0 Å². The molecule has 0 aromatic carbocycles. The first-order chi connectivity index (χ1) is 7.63. The number of halogens is 2. The summed E-state index contributed by atoms with van der Waals surface area (Å²) in [7, 11) is 2.01. The molecule has 16 heavy (non-hydrogen) atoms. The predicted molar refractivity (Wildman–Crippen MR) is 70.9 cm³/mol. The van der Waals surface area contributed by atoms with Crippen LogP contribution in [0.1, 0.15) is 12.8 Å². The summed E-state index contributed by atoms with van der Waals surface area (Å²) in [6, 6.07) is 2.21. The van der Waals surface area contributed by atoms with Gasteiger partial charge in [0.05, 0.1) is 5.02 Å². The second kappa shape index (κ2) is 4.90. The van der Waals surface area contributed by atoms with Crippen molar-refractivity contribution in [3.8, 4) is 0 Å². The fourth-order valence-electron chi connectivity index (χ4n) is 1.97. The van der Waals surface area contributed by atoms with Crippen molar-refractivity contribution in [2.24, 2.45) is 11.7 Å². The molecule has 1 aliphatic carbocycles. The van der Waals surface area contributed by atoms with Crippen molar-refractivity contribution >= 4 is 33.3 Å². The van der Waals surface area contributed by atoms with E-state index in [1.165, 1.54) is 12.8 Å². The van der Waals surface area contributed by atoms with E-state index in [9.17, 15) is 0 Å². The van der Waals surface area contributed by atoms with Crippen LogP contribution in [0.2, 0.25) is 5.02 Å². The van der Waals surface area contributed by atoms with Crippen molar-refractivity contribution in [1.82, 2.24) is 4.98 Å². The first-order valence-electron chi connectivity index (χ1n) is 5.37. The smallest absolute Gasteiger partial charge is 0.147 e. The molecular formula is C11H15BrClN3. The maximum atomic E-state index is 6.18. The van der Waals surface area contributed by atoms with Gasteiger partial charge >= 0.3 is 0 Å². The van der Waals surface area contributed by atoms with Crippen LogP contribution in [0.4, 0.5) is 5.82 Å². The number of pyridine rings is 1. The molecular weight excluding hydrogens is 289 g/mol. The molecule has 2 rings (SSSR count). The highest BCUT2D eigenvalue weighted by atomic mass is 79.9. The van der Waals surface area contributed by atoms with Gasteiger partial charge in [0.25, 0.3) is 0 Å². The van der Waals surface area contributed by atoms with Crippen molar-refractivity contribution in [3.63, 3.8) is 0 Å². The van der Waals surface area contributed by atoms with Crippen molar-refractivity contribution in [3.05, 3.63) is 21.8 Å². The molecule has 1 saturated carbocycles. The van der Waals surface area contributed by atoms with Crippen molar-refractivity contribution in [2.75, 3.05) is 18.5 Å². The largest absolute Gasteiger partial charge is 0.354 e. The minimum atomic E-state index is 0.353. The number of likely N-dealkylation sites (N-methyl/N-ethyl adjacent to an activating group) is 1. The maximum Gasteiger partial charge on any atom is 0.147 e. The second-order valence-electron chi connectivity index (χ2n) is 4.21. The molecule has 1 aromatic heterocycles. The molecule has 1 heterocycles. The van der Waals surface area contributed by atoms with Gasteiger partial charge in [-0.15, -0.1) is 0 Å². The first kappa shape index (κ1) is 12.1. The van der Waals surface area contributed by atoms with Gasteiger partial charge < -0.3 is 10.6 Å². The molecule has 0 radical (unpaired) electrons. The molecule has 2 N–H and O–H groups in total. The third kappa shape index (κ3) is 2.50. The highest BCUT2D eigenvalue weighted by Crippen LogP contribution is 2.37. The van der Waals surface area contributed by atoms with Gasteiger partial charge in [-0.2, -0.15) is 0 Å². The molecule has 0 aliphatic heterocycles. The van der Waals surface area contributed by atoms with E-state index in [1.807, 2.05) is 13.1 Å². The lowest BCUT2D eigenvalue weighted by atomic mass is 10.1. The minimum absolute atomic E-state index is 0.353. The Morgan fingerprint density at radius 3 is 2.88 bits per heavy atom. The highest BCUT2D eigenvalue weighted by molar-refractivity contribution is 9.10. The zero-order valence-corrected chi connectivity index (χ0v) is 11.5. The molecule has 1 aliphatic rings. The summed E-state index contributed by atoms with van der Waals surface area (Å²) in [5.41, 5.74) is 5.81. The van der Waals surface area contributed by atoms with Crippen LogP contribution < -0.4 is 10.6 Å². The van der Waals surface area contributed by atoms with Crippen LogP contribution in [0, 0.1) is 5.92 Å². The van der Waals surface area contributed by atoms with E-state index in [2.05, 4.69) is 25.8 Å². The van der Waals surface area contributed by atoms with Crippen LogP contribution in [0.5, 0.6) is 0 Å². The molecule has 1 fully saturated rings. The summed E-state index contributed by atoms with van der Waals surface area (Å²) in [6.07, 6.45) is 4.29. The van der Waals surface area contributed by atoms with Crippen molar-refractivity contribution in [2.45, 2.75) is 18.9 Å². The van der Waals surface area contributed by atoms with Gasteiger partial charge in [0.2, 0.25) is 0 Å². The van der Waals surface area contributed by atoms with E-state index in [0.29, 0.717) is 23.5 Å². The van der Waals surface area contributed by atoms with Crippen LogP contribution in [0.25, 0.3) is 0 Å². The summed E-state index contributed by atoms with van der Waals surface area (Å²) in [5, 5.41) is 0.663. The van der Waals surface area contributed by atoms with E-state index >= 15 is 0 Å². The molecule has 3 nitrogen and oxygen atoms in total. The van der Waals surface area contributed by atoms with E-state index < -0.39 is 0 Å². The summed E-state index contributed by atoms with van der Waals surface area (Å²) in [6.45, 7) is 0.648. The third-order valence-electron chi connectivity index (χ3n) is 3.03. The summed E-state index contributed by atoms with van der Waals surface area (Å²) < 4.78 is 0.894. The summed E-state index contributed by atoms with van der Waals surface area (Å²) in [4.78, 5) is 6.45. The second-order valence-corrected chi connectivity index (χ2v) is 5.53. The molecule has 1 atom stereocenters. The van der Waals surface area contributed by atoms with Gasteiger partial charge in [0, 0.05) is 30.3 Å². The molecule has 1 unspecified atom stereocenters. The number of hydrogen-bond acceptors (Lipinski definition) is 3. The Labute approximate surface area is 109 Å². The lowest BCUT2D eigenvalue weighted by molar-refractivity contribution is 0.566. The van der Waals surface area contributed by atoms with Gasteiger partial charge in [-0.25, -0.2) is 4.98 Å². The fraction of sp³-hybridized carbons (Fsp3) is 0.545. The van der Waals surface area contributed by atoms with E-state index in [0.717, 1.165) is 10.3 Å². The molecule has 1 aromatic rings. The molecule has 0 spiro atoms. The molecule has 88 valence electrons. The Morgan fingerprint density at radius 1 is 1.69 bits per heavy atom. The lowest BCUT2D eigenvalue weighted by Gasteiger charge is -2.28. The number of nitrogens with two attached hydrogens (primary N) is 1. The maximum absolute atomic E-state index is 6.18. The first-order valence-corrected chi connectivity index (χ1v) is 6.54. The lowest BCUT2D eigenvalue weighted by Crippen LogP contribution is -2.40. The van der Waals surface area contributed by atoms with Gasteiger partial charge in [-0.05, 0) is 40.8 Å². The molecule has 5 heteroatoms. The average molecular weight is 305 g/mol. The normalized spacial score (nSPS) is 17.2. The van der Waals surface area contributed by atoms with Crippen LogP contribution in [0.15, 0.2) is 16.7 Å². The Bertz CT molecular complexity index is 381. The van der Waals surface area contributed by atoms with Crippen LogP contribution in [-0.4, -0.2) is 24.6 Å². The molecule has 0 amide bonds. The van der Waals surface area contributed by atoms with E-state index in [-0.39, 0.29) is 0 Å². The predicted octanol–water partition coefficient (Wildman–Crippen LogP) is 2.67. The number of hydrogen-bond donors (Lipinski definition) is 1. The van der Waals surface area contributed by atoms with Gasteiger partial charge in [-0.1, -0.05) is 11.6 Å².